The quantitative estimate of drug-likeness (QED) is 0.529. The van der Waals surface area contributed by atoms with Crippen LogP contribution >= 0.6 is 0 Å². The molecule has 0 radical (unpaired) electrons. The molecule has 0 aliphatic carbocycles. The van der Waals surface area contributed by atoms with Gasteiger partial charge >= 0.3 is 11.9 Å². The van der Waals surface area contributed by atoms with Crippen molar-refractivity contribution in [1.29, 1.82) is 0 Å². The number of likely N-dealkylation sites (N-methyl/N-ethyl adjacent to an activating group) is 1. The van der Waals surface area contributed by atoms with Gasteiger partial charge < -0.3 is 19.5 Å². The minimum absolute atomic E-state index is 0.175. The number of amides is 1. The number of carbonyl (C=O) groups is 3. The number of ether oxygens (including phenoxy) is 3. The van der Waals surface area contributed by atoms with Crippen LogP contribution in [0.25, 0.3) is 0 Å². The molecule has 8 heteroatoms. The Morgan fingerprint density at radius 1 is 1.03 bits per heavy atom. The second-order valence-electron chi connectivity index (χ2n) is 9.83. The highest BCUT2D eigenvalue weighted by Gasteiger charge is 2.44. The number of hydrogen-bond donors (Lipinski definition) is 1. The van der Waals surface area contributed by atoms with Crippen molar-refractivity contribution in [3.8, 4) is 5.75 Å². The second-order valence-corrected chi connectivity index (χ2v) is 9.83. The number of nitrogens with one attached hydrogen (secondary N) is 1. The molecule has 1 aliphatic rings. The summed E-state index contributed by atoms with van der Waals surface area (Å²) in [4.78, 5) is 40.8. The molecule has 36 heavy (non-hydrogen) atoms. The maximum Gasteiger partial charge on any atom is 0.330 e. The third-order valence-electron chi connectivity index (χ3n) is 6.01. The topological polar surface area (TPSA) is 94.2 Å². The largest absolute Gasteiger partial charge is 0.488 e. The molecule has 0 spiro atoms. The molecular weight excluding hydrogens is 460 g/mol. The summed E-state index contributed by atoms with van der Waals surface area (Å²) in [5.41, 5.74) is 0.666. The van der Waals surface area contributed by atoms with Crippen LogP contribution in [0.15, 0.2) is 54.6 Å². The van der Waals surface area contributed by atoms with E-state index in [9.17, 15) is 14.4 Å². The van der Waals surface area contributed by atoms with Gasteiger partial charge in [0.15, 0.2) is 0 Å². The lowest BCUT2D eigenvalue weighted by atomic mass is 10.0. The summed E-state index contributed by atoms with van der Waals surface area (Å²) in [7, 11) is 1.77. The van der Waals surface area contributed by atoms with Crippen LogP contribution < -0.4 is 10.1 Å². The second kappa shape index (κ2) is 12.0. The van der Waals surface area contributed by atoms with Crippen LogP contribution in [0.1, 0.15) is 56.5 Å². The molecule has 1 aliphatic heterocycles. The molecule has 1 saturated heterocycles. The molecule has 0 aromatic heterocycles. The molecule has 3 rings (SSSR count). The zero-order valence-corrected chi connectivity index (χ0v) is 21.7. The van der Waals surface area contributed by atoms with Crippen molar-refractivity contribution in [2.45, 2.75) is 70.9 Å². The average Bonchev–Trinajstić information content (AvgIpc) is 3.22. The Hall–Kier alpha value is -3.39. The highest BCUT2D eigenvalue weighted by Crippen LogP contribution is 2.28. The Morgan fingerprint density at radius 2 is 1.69 bits per heavy atom. The van der Waals surface area contributed by atoms with Crippen molar-refractivity contribution >= 4 is 17.8 Å². The van der Waals surface area contributed by atoms with E-state index in [1.165, 1.54) is 0 Å². The molecule has 1 unspecified atom stereocenters. The van der Waals surface area contributed by atoms with Crippen molar-refractivity contribution in [1.82, 2.24) is 10.2 Å². The number of para-hydroxylation sites is 1. The van der Waals surface area contributed by atoms with Gasteiger partial charge in [0.25, 0.3) is 5.91 Å². The van der Waals surface area contributed by atoms with Gasteiger partial charge in [0.2, 0.25) is 0 Å². The molecule has 1 heterocycles. The first-order valence-corrected chi connectivity index (χ1v) is 12.3. The lowest BCUT2D eigenvalue weighted by Gasteiger charge is -2.31. The summed E-state index contributed by atoms with van der Waals surface area (Å²) >= 11 is 0. The summed E-state index contributed by atoms with van der Waals surface area (Å²) in [5.74, 6) is -0.935. The van der Waals surface area contributed by atoms with Gasteiger partial charge in [-0.25, -0.2) is 4.79 Å². The van der Waals surface area contributed by atoms with Crippen LogP contribution in [-0.2, 0) is 25.7 Å². The number of rotatable bonds is 9. The van der Waals surface area contributed by atoms with E-state index in [-0.39, 0.29) is 12.6 Å². The molecule has 1 N–H and O–H groups in total. The van der Waals surface area contributed by atoms with Gasteiger partial charge in [0.05, 0.1) is 12.2 Å². The van der Waals surface area contributed by atoms with E-state index in [0.29, 0.717) is 30.8 Å². The summed E-state index contributed by atoms with van der Waals surface area (Å²) in [6.45, 7) is 7.64. The first-order valence-electron chi connectivity index (χ1n) is 12.3. The molecular formula is C28H36N2O6. The van der Waals surface area contributed by atoms with Gasteiger partial charge in [-0.05, 0) is 65.3 Å². The van der Waals surface area contributed by atoms with Gasteiger partial charge in [0.1, 0.15) is 30.0 Å². The minimum atomic E-state index is -0.961. The Bertz CT molecular complexity index is 1050. The summed E-state index contributed by atoms with van der Waals surface area (Å²) < 4.78 is 16.8. The summed E-state index contributed by atoms with van der Waals surface area (Å²) in [6.07, 6.45) is 1.04. The third kappa shape index (κ3) is 7.07. The van der Waals surface area contributed by atoms with E-state index in [0.717, 1.165) is 5.56 Å². The standard InChI is InChI=1S/C28H36N2O6/c1-6-34-27(33)24(21-16-17-22(30(21)5)26(32)36-28(2,3)4)29-25(31)20-14-10-11-15-23(20)35-18-19-12-8-7-9-13-19/h7-15,21-22,24H,6,16-18H2,1-5H3,(H,29,31)/t21?,22-,24-/m1/s1. The molecule has 0 saturated carbocycles. The van der Waals surface area contributed by atoms with Gasteiger partial charge in [-0.3, -0.25) is 14.5 Å². The van der Waals surface area contributed by atoms with Crippen molar-refractivity contribution in [3.63, 3.8) is 0 Å². The number of benzene rings is 2. The predicted molar refractivity (Wildman–Crippen MR) is 136 cm³/mol. The minimum Gasteiger partial charge on any atom is -0.488 e. The number of esters is 2. The predicted octanol–water partition coefficient (Wildman–Crippen LogP) is 3.73. The third-order valence-corrected chi connectivity index (χ3v) is 6.01. The SMILES string of the molecule is CCOC(=O)[C@H](NC(=O)c1ccccc1OCc1ccccc1)C1CC[C@H](C(=O)OC(C)(C)C)N1C. The fourth-order valence-corrected chi connectivity index (χ4v) is 4.30. The average molecular weight is 497 g/mol. The fraction of sp³-hybridized carbons (Fsp3) is 0.464. The van der Waals surface area contributed by atoms with Crippen molar-refractivity contribution < 1.29 is 28.6 Å². The van der Waals surface area contributed by atoms with E-state index in [1.54, 1.807) is 43.1 Å². The van der Waals surface area contributed by atoms with E-state index >= 15 is 0 Å². The van der Waals surface area contributed by atoms with E-state index in [2.05, 4.69) is 5.32 Å². The zero-order valence-electron chi connectivity index (χ0n) is 21.7. The maximum atomic E-state index is 13.4. The van der Waals surface area contributed by atoms with Crippen LogP contribution in [0.4, 0.5) is 0 Å². The smallest absolute Gasteiger partial charge is 0.330 e. The number of nitrogens with zero attached hydrogens (tertiary/aromatic N) is 1. The highest BCUT2D eigenvalue weighted by atomic mass is 16.6. The molecule has 8 nitrogen and oxygen atoms in total. The van der Waals surface area contributed by atoms with Gasteiger partial charge in [-0.1, -0.05) is 42.5 Å². The molecule has 0 bridgehead atoms. The number of carbonyl (C=O) groups excluding carboxylic acids is 3. The molecule has 194 valence electrons. The lowest BCUT2D eigenvalue weighted by Crippen LogP contribution is -2.55. The molecule has 2 aromatic rings. The van der Waals surface area contributed by atoms with Crippen LogP contribution in [0, 0.1) is 0 Å². The maximum absolute atomic E-state index is 13.4. The Labute approximate surface area is 212 Å². The summed E-state index contributed by atoms with van der Waals surface area (Å²) in [5, 5.41) is 2.85. The van der Waals surface area contributed by atoms with Crippen molar-refractivity contribution in [3.05, 3.63) is 65.7 Å². The van der Waals surface area contributed by atoms with Crippen LogP contribution in [-0.4, -0.2) is 60.1 Å². The monoisotopic (exact) mass is 496 g/mol. The Morgan fingerprint density at radius 3 is 2.36 bits per heavy atom. The Balaban J connectivity index is 1.76. The van der Waals surface area contributed by atoms with Crippen LogP contribution in [0.2, 0.25) is 0 Å². The molecule has 1 fully saturated rings. The van der Waals surface area contributed by atoms with Crippen molar-refractivity contribution in [2.24, 2.45) is 0 Å². The van der Waals surface area contributed by atoms with E-state index in [1.807, 2.05) is 51.1 Å². The van der Waals surface area contributed by atoms with Crippen LogP contribution in [0.5, 0.6) is 5.75 Å². The molecule has 1 amide bonds. The number of likely N-dealkylation sites (tertiary alicyclic amines) is 1. The van der Waals surface area contributed by atoms with E-state index < -0.39 is 35.6 Å². The molecule has 2 aromatic carbocycles. The first-order chi connectivity index (χ1) is 17.1. The summed E-state index contributed by atoms with van der Waals surface area (Å²) in [6, 6.07) is 14.6. The van der Waals surface area contributed by atoms with Gasteiger partial charge in [-0.2, -0.15) is 0 Å². The van der Waals surface area contributed by atoms with Gasteiger partial charge in [0, 0.05) is 6.04 Å². The lowest BCUT2D eigenvalue weighted by molar-refractivity contribution is -0.161. The highest BCUT2D eigenvalue weighted by molar-refractivity contribution is 5.99. The number of hydrogen-bond acceptors (Lipinski definition) is 7. The Kier molecular flexibility index (Phi) is 9.09. The molecule has 3 atom stereocenters. The van der Waals surface area contributed by atoms with Crippen molar-refractivity contribution in [2.75, 3.05) is 13.7 Å². The normalized spacial score (nSPS) is 18.8. The van der Waals surface area contributed by atoms with E-state index in [4.69, 9.17) is 14.2 Å². The fourth-order valence-electron chi connectivity index (χ4n) is 4.30. The first kappa shape index (κ1) is 27.2. The van der Waals surface area contributed by atoms with Crippen LogP contribution in [0.3, 0.4) is 0 Å². The zero-order chi connectivity index (χ0) is 26.3. The van der Waals surface area contributed by atoms with Gasteiger partial charge in [-0.15, -0.1) is 0 Å².